The highest BCUT2D eigenvalue weighted by Gasteiger charge is 2.09. The highest BCUT2D eigenvalue weighted by Crippen LogP contribution is 2.15. The highest BCUT2D eigenvalue weighted by atomic mass is 35.5. The summed E-state index contributed by atoms with van der Waals surface area (Å²) in [6.07, 6.45) is 0. The average Bonchev–Trinajstić information content (AvgIpc) is 2.77. The van der Waals surface area contributed by atoms with Gasteiger partial charge in [-0.1, -0.05) is 29.8 Å². The molecule has 124 valence electrons. The molecule has 0 bridgehead atoms. The van der Waals surface area contributed by atoms with Crippen LogP contribution in [-0.4, -0.2) is 22.3 Å². The van der Waals surface area contributed by atoms with Crippen LogP contribution in [0.5, 0.6) is 0 Å². The minimum Gasteiger partial charge on any atom is -0.357 e. The molecule has 0 unspecified atom stereocenters. The van der Waals surface area contributed by atoms with Gasteiger partial charge in [0.2, 0.25) is 0 Å². The van der Waals surface area contributed by atoms with Crippen molar-refractivity contribution in [3.8, 4) is 0 Å². The minimum absolute atomic E-state index is 0.542. The van der Waals surface area contributed by atoms with Crippen molar-refractivity contribution in [3.05, 3.63) is 51.8 Å². The maximum absolute atomic E-state index is 6.18. The first kappa shape index (κ1) is 17.3. The number of hydrogen-bond acceptors (Lipinski definition) is 2. The van der Waals surface area contributed by atoms with Crippen LogP contribution < -0.4 is 10.6 Å². The molecule has 0 aliphatic heterocycles. The summed E-state index contributed by atoms with van der Waals surface area (Å²) in [6.45, 7) is 8.19. The number of aliphatic imine (C=N–C) groups is 1. The zero-order chi connectivity index (χ0) is 16.8. The van der Waals surface area contributed by atoms with Crippen LogP contribution in [0, 0.1) is 13.8 Å². The molecule has 6 heteroatoms. The highest BCUT2D eigenvalue weighted by molar-refractivity contribution is 6.31. The van der Waals surface area contributed by atoms with Crippen LogP contribution >= 0.6 is 11.6 Å². The smallest absolute Gasteiger partial charge is 0.191 e. The summed E-state index contributed by atoms with van der Waals surface area (Å²) >= 11 is 6.18. The Morgan fingerprint density at radius 3 is 2.61 bits per heavy atom. The molecule has 2 N–H and O–H groups in total. The number of halogens is 1. The third-order valence-corrected chi connectivity index (χ3v) is 4.17. The fraction of sp³-hybridized carbons (Fsp3) is 0.412. The average molecular weight is 334 g/mol. The Kier molecular flexibility index (Phi) is 6.04. The Balaban J connectivity index is 2.06. The second-order valence-electron chi connectivity index (χ2n) is 5.41. The molecular weight excluding hydrogens is 310 g/mol. The zero-order valence-corrected chi connectivity index (χ0v) is 14.9. The molecular formula is C17H24ClN5. The second-order valence-corrected chi connectivity index (χ2v) is 5.82. The Morgan fingerprint density at radius 2 is 2.00 bits per heavy atom. The fourth-order valence-electron chi connectivity index (χ4n) is 2.38. The molecule has 0 atom stereocenters. The molecule has 0 amide bonds. The van der Waals surface area contributed by atoms with Gasteiger partial charge in [0.25, 0.3) is 0 Å². The summed E-state index contributed by atoms with van der Waals surface area (Å²) in [5, 5.41) is 11.8. The quantitative estimate of drug-likeness (QED) is 0.653. The van der Waals surface area contributed by atoms with Crippen LogP contribution in [0.4, 0.5) is 0 Å². The van der Waals surface area contributed by atoms with Crippen molar-refractivity contribution in [2.75, 3.05) is 6.54 Å². The van der Waals surface area contributed by atoms with Gasteiger partial charge in [-0.25, -0.2) is 4.99 Å². The van der Waals surface area contributed by atoms with Crippen LogP contribution in [0.25, 0.3) is 0 Å². The van der Waals surface area contributed by atoms with Crippen molar-refractivity contribution in [3.63, 3.8) is 0 Å². The Bertz CT molecular complexity index is 690. The Hall–Kier alpha value is -2.01. The van der Waals surface area contributed by atoms with Crippen LogP contribution in [0.15, 0.2) is 29.3 Å². The topological polar surface area (TPSA) is 54.2 Å². The number of guanidine groups is 1. The molecule has 5 nitrogen and oxygen atoms in total. The van der Waals surface area contributed by atoms with Crippen molar-refractivity contribution < 1.29 is 0 Å². The van der Waals surface area contributed by atoms with E-state index in [1.54, 1.807) is 0 Å². The largest absolute Gasteiger partial charge is 0.357 e. The first-order valence-electron chi connectivity index (χ1n) is 7.77. The number of nitrogens with one attached hydrogen (secondary N) is 2. The van der Waals surface area contributed by atoms with E-state index in [-0.39, 0.29) is 0 Å². The lowest BCUT2D eigenvalue weighted by atomic mass is 10.2. The SMILES string of the molecule is CCNC(=NCc1ccccc1Cl)NCc1c(C)nn(C)c1C. The summed E-state index contributed by atoms with van der Waals surface area (Å²) in [5.74, 6) is 0.773. The van der Waals surface area contributed by atoms with Gasteiger partial charge in [-0.15, -0.1) is 0 Å². The number of hydrogen-bond donors (Lipinski definition) is 2. The van der Waals surface area contributed by atoms with Crippen molar-refractivity contribution >= 4 is 17.6 Å². The molecule has 1 heterocycles. The normalized spacial score (nSPS) is 11.6. The molecule has 0 aliphatic rings. The van der Waals surface area contributed by atoms with E-state index in [0.29, 0.717) is 13.1 Å². The van der Waals surface area contributed by atoms with Gasteiger partial charge in [-0.2, -0.15) is 5.10 Å². The first-order chi connectivity index (χ1) is 11.0. The van der Waals surface area contributed by atoms with Gasteiger partial charge in [0.05, 0.1) is 12.2 Å². The van der Waals surface area contributed by atoms with Crippen molar-refractivity contribution in [2.45, 2.75) is 33.9 Å². The summed E-state index contributed by atoms with van der Waals surface area (Å²) in [6, 6.07) is 7.77. The molecule has 0 aliphatic carbocycles. The van der Waals surface area contributed by atoms with E-state index >= 15 is 0 Å². The minimum atomic E-state index is 0.542. The Morgan fingerprint density at radius 1 is 1.26 bits per heavy atom. The van der Waals surface area contributed by atoms with Crippen molar-refractivity contribution in [2.24, 2.45) is 12.0 Å². The number of nitrogens with zero attached hydrogens (tertiary/aromatic N) is 3. The van der Waals surface area contributed by atoms with Crippen molar-refractivity contribution in [1.29, 1.82) is 0 Å². The maximum atomic E-state index is 6.18. The third-order valence-electron chi connectivity index (χ3n) is 3.80. The lowest BCUT2D eigenvalue weighted by molar-refractivity contribution is 0.728. The number of aryl methyl sites for hydroxylation is 2. The summed E-state index contributed by atoms with van der Waals surface area (Å²) < 4.78 is 1.90. The summed E-state index contributed by atoms with van der Waals surface area (Å²) in [7, 11) is 1.96. The lowest BCUT2D eigenvalue weighted by Crippen LogP contribution is -2.37. The third kappa shape index (κ3) is 4.48. The number of aromatic nitrogens is 2. The molecule has 23 heavy (non-hydrogen) atoms. The van der Waals surface area contributed by atoms with E-state index in [9.17, 15) is 0 Å². The fourth-order valence-corrected chi connectivity index (χ4v) is 2.57. The van der Waals surface area contributed by atoms with Gasteiger partial charge in [0.15, 0.2) is 5.96 Å². The molecule has 0 spiro atoms. The number of benzene rings is 1. The van der Waals surface area contributed by atoms with Crippen LogP contribution in [0.2, 0.25) is 5.02 Å². The van der Waals surface area contributed by atoms with Gasteiger partial charge < -0.3 is 10.6 Å². The molecule has 1 aromatic carbocycles. The van der Waals surface area contributed by atoms with Gasteiger partial charge in [0.1, 0.15) is 0 Å². The summed E-state index contributed by atoms with van der Waals surface area (Å²) in [4.78, 5) is 4.61. The van der Waals surface area contributed by atoms with E-state index in [0.717, 1.165) is 34.5 Å². The van der Waals surface area contributed by atoms with E-state index in [2.05, 4.69) is 27.6 Å². The van der Waals surface area contributed by atoms with Gasteiger partial charge in [0, 0.05) is 36.4 Å². The molecule has 0 fully saturated rings. The maximum Gasteiger partial charge on any atom is 0.191 e. The molecule has 0 saturated carbocycles. The monoisotopic (exact) mass is 333 g/mol. The first-order valence-corrected chi connectivity index (χ1v) is 8.15. The molecule has 0 saturated heterocycles. The number of rotatable bonds is 5. The Labute approximate surface area is 142 Å². The summed E-state index contributed by atoms with van der Waals surface area (Å²) in [5.41, 5.74) is 4.42. The van der Waals surface area contributed by atoms with Gasteiger partial charge >= 0.3 is 0 Å². The standard InChI is InChI=1S/C17H24ClN5/c1-5-19-17(20-10-14-8-6-7-9-16(14)18)21-11-15-12(2)22-23(4)13(15)3/h6-9H,5,10-11H2,1-4H3,(H2,19,20,21). The van der Waals surface area contributed by atoms with Crippen LogP contribution in [0.3, 0.4) is 0 Å². The van der Waals surface area contributed by atoms with E-state index < -0.39 is 0 Å². The van der Waals surface area contributed by atoms with Gasteiger partial charge in [-0.3, -0.25) is 4.68 Å². The van der Waals surface area contributed by atoms with Crippen LogP contribution in [-0.2, 0) is 20.1 Å². The van der Waals surface area contributed by atoms with Gasteiger partial charge in [-0.05, 0) is 32.4 Å². The predicted octanol–water partition coefficient (Wildman–Crippen LogP) is 2.95. The molecule has 0 radical (unpaired) electrons. The molecule has 1 aromatic heterocycles. The zero-order valence-electron chi connectivity index (χ0n) is 14.2. The predicted molar refractivity (Wildman–Crippen MR) is 95.8 cm³/mol. The van der Waals surface area contributed by atoms with E-state index in [1.165, 1.54) is 5.56 Å². The van der Waals surface area contributed by atoms with Crippen LogP contribution in [0.1, 0.15) is 29.4 Å². The molecule has 2 rings (SSSR count). The second kappa shape index (κ2) is 8.02. The molecule has 2 aromatic rings. The van der Waals surface area contributed by atoms with Crippen molar-refractivity contribution in [1.82, 2.24) is 20.4 Å². The van der Waals surface area contributed by atoms with E-state index in [4.69, 9.17) is 11.6 Å². The lowest BCUT2D eigenvalue weighted by Gasteiger charge is -2.12. The van der Waals surface area contributed by atoms with E-state index in [1.807, 2.05) is 49.8 Å².